The molecule has 2 aliphatic heterocycles. The van der Waals surface area contributed by atoms with Gasteiger partial charge in [0.05, 0.1) is 11.4 Å². The van der Waals surface area contributed by atoms with Crippen LogP contribution in [0, 0.1) is 0 Å². The molecule has 0 amide bonds. The lowest BCUT2D eigenvalue weighted by atomic mass is 10.1. The number of likely N-dealkylation sites (N-methyl/N-ethyl adjacent to an activating group) is 1. The molecule has 34 heavy (non-hydrogen) atoms. The summed E-state index contributed by atoms with van der Waals surface area (Å²) in [6, 6.07) is 14.8. The standard InChI is InChI=1S/C26H29N7O/c1-2-31-12-14-32(15-13-31)21-6-4-20(5-7-21)29-25-26-28-9-11-33(26)18-23(30-25)19-3-8-24-22(17-19)27-10-16-34-24/h3-9,11,17-18,27H,2,10,12-16H2,1H3,(H,29,30). The molecule has 4 heterocycles. The van der Waals surface area contributed by atoms with Crippen LogP contribution < -0.4 is 20.3 Å². The molecule has 0 saturated carbocycles. The lowest BCUT2D eigenvalue weighted by Gasteiger charge is -2.35. The molecule has 2 aromatic heterocycles. The average molecular weight is 456 g/mol. The van der Waals surface area contributed by atoms with Crippen molar-refractivity contribution in [2.24, 2.45) is 0 Å². The number of nitrogens with one attached hydrogen (secondary N) is 2. The summed E-state index contributed by atoms with van der Waals surface area (Å²) in [5.74, 6) is 1.61. The Balaban J connectivity index is 1.26. The zero-order valence-corrected chi connectivity index (χ0v) is 19.4. The molecular weight excluding hydrogens is 426 g/mol. The highest BCUT2D eigenvalue weighted by Gasteiger charge is 2.17. The second-order valence-electron chi connectivity index (χ2n) is 8.71. The number of aromatic nitrogens is 3. The van der Waals surface area contributed by atoms with Crippen LogP contribution in [0.4, 0.5) is 22.9 Å². The highest BCUT2D eigenvalue weighted by atomic mass is 16.5. The minimum atomic E-state index is 0.688. The van der Waals surface area contributed by atoms with Crippen LogP contribution in [-0.2, 0) is 0 Å². The number of hydrogen-bond donors (Lipinski definition) is 2. The van der Waals surface area contributed by atoms with E-state index in [9.17, 15) is 0 Å². The van der Waals surface area contributed by atoms with Gasteiger partial charge in [0, 0.05) is 68.3 Å². The second-order valence-corrected chi connectivity index (χ2v) is 8.71. The summed E-state index contributed by atoms with van der Waals surface area (Å²) in [5, 5.41) is 6.89. The third-order valence-electron chi connectivity index (χ3n) is 6.64. The number of piperazine rings is 1. The van der Waals surface area contributed by atoms with Gasteiger partial charge in [0.1, 0.15) is 12.4 Å². The molecule has 0 spiro atoms. The summed E-state index contributed by atoms with van der Waals surface area (Å²) in [5.41, 5.74) is 5.94. The van der Waals surface area contributed by atoms with Crippen LogP contribution in [0.5, 0.6) is 5.75 Å². The molecule has 4 aromatic rings. The van der Waals surface area contributed by atoms with Crippen molar-refractivity contribution in [1.29, 1.82) is 0 Å². The Labute approximate surface area is 199 Å². The lowest BCUT2D eigenvalue weighted by molar-refractivity contribution is 0.271. The van der Waals surface area contributed by atoms with Crippen LogP contribution in [-0.4, -0.2) is 65.1 Å². The Morgan fingerprint density at radius 3 is 2.74 bits per heavy atom. The van der Waals surface area contributed by atoms with Gasteiger partial charge < -0.3 is 29.6 Å². The first-order valence-electron chi connectivity index (χ1n) is 12.0. The Morgan fingerprint density at radius 1 is 1.06 bits per heavy atom. The zero-order valence-electron chi connectivity index (χ0n) is 19.4. The van der Waals surface area contributed by atoms with E-state index in [0.29, 0.717) is 6.61 Å². The lowest BCUT2D eigenvalue weighted by Crippen LogP contribution is -2.46. The summed E-state index contributed by atoms with van der Waals surface area (Å²) in [6.45, 7) is 9.23. The quantitative estimate of drug-likeness (QED) is 0.470. The van der Waals surface area contributed by atoms with Gasteiger partial charge >= 0.3 is 0 Å². The van der Waals surface area contributed by atoms with Crippen LogP contribution in [0.2, 0.25) is 0 Å². The van der Waals surface area contributed by atoms with E-state index in [1.54, 1.807) is 6.20 Å². The van der Waals surface area contributed by atoms with Gasteiger partial charge in [-0.1, -0.05) is 6.92 Å². The van der Waals surface area contributed by atoms with E-state index in [2.05, 4.69) is 62.7 Å². The van der Waals surface area contributed by atoms with Gasteiger partial charge in [-0.2, -0.15) is 0 Å². The first-order chi connectivity index (χ1) is 16.8. The summed E-state index contributed by atoms with van der Waals surface area (Å²) >= 11 is 0. The summed E-state index contributed by atoms with van der Waals surface area (Å²) in [7, 11) is 0. The topological polar surface area (TPSA) is 70.0 Å². The molecule has 6 rings (SSSR count). The van der Waals surface area contributed by atoms with Gasteiger partial charge in [0.15, 0.2) is 11.5 Å². The summed E-state index contributed by atoms with van der Waals surface area (Å²) < 4.78 is 7.73. The fourth-order valence-electron chi connectivity index (χ4n) is 4.67. The minimum Gasteiger partial charge on any atom is -0.490 e. The third-order valence-corrected chi connectivity index (χ3v) is 6.64. The van der Waals surface area contributed by atoms with Crippen LogP contribution in [0.25, 0.3) is 16.9 Å². The maximum Gasteiger partial charge on any atom is 0.180 e. The van der Waals surface area contributed by atoms with Gasteiger partial charge in [-0.05, 0) is 49.0 Å². The Morgan fingerprint density at radius 2 is 1.91 bits per heavy atom. The average Bonchev–Trinajstić information content (AvgIpc) is 3.38. The number of imidazole rings is 1. The predicted octanol–water partition coefficient (Wildman–Crippen LogP) is 4.09. The molecule has 8 nitrogen and oxygen atoms in total. The number of anilines is 4. The molecule has 0 atom stereocenters. The van der Waals surface area contributed by atoms with E-state index < -0.39 is 0 Å². The largest absolute Gasteiger partial charge is 0.490 e. The molecule has 1 saturated heterocycles. The molecule has 2 aliphatic rings. The van der Waals surface area contributed by atoms with Crippen LogP contribution >= 0.6 is 0 Å². The van der Waals surface area contributed by atoms with Crippen LogP contribution in [0.1, 0.15) is 6.92 Å². The maximum atomic E-state index is 5.72. The van der Waals surface area contributed by atoms with Gasteiger partial charge in [0.25, 0.3) is 0 Å². The molecule has 0 aliphatic carbocycles. The zero-order chi connectivity index (χ0) is 22.9. The highest BCUT2D eigenvalue weighted by molar-refractivity contribution is 5.76. The van der Waals surface area contributed by atoms with Crippen molar-refractivity contribution >= 4 is 28.5 Å². The van der Waals surface area contributed by atoms with Gasteiger partial charge in [-0.15, -0.1) is 0 Å². The summed E-state index contributed by atoms with van der Waals surface area (Å²) in [4.78, 5) is 14.4. The van der Waals surface area contributed by atoms with Crippen LogP contribution in [0.15, 0.2) is 61.1 Å². The van der Waals surface area contributed by atoms with Crippen molar-refractivity contribution in [3.05, 3.63) is 61.1 Å². The fourth-order valence-corrected chi connectivity index (χ4v) is 4.67. The van der Waals surface area contributed by atoms with Gasteiger partial charge in [0.2, 0.25) is 0 Å². The molecule has 8 heteroatoms. The summed E-state index contributed by atoms with van der Waals surface area (Å²) in [6.07, 6.45) is 5.76. The highest BCUT2D eigenvalue weighted by Crippen LogP contribution is 2.33. The fraction of sp³-hybridized carbons (Fsp3) is 0.308. The molecular formula is C26H29N7O. The first kappa shape index (κ1) is 20.8. The van der Waals surface area contributed by atoms with Crippen molar-refractivity contribution in [3.63, 3.8) is 0 Å². The predicted molar refractivity (Wildman–Crippen MR) is 136 cm³/mol. The Kier molecular flexibility index (Phi) is 5.43. The van der Waals surface area contributed by atoms with Crippen molar-refractivity contribution in [2.45, 2.75) is 6.92 Å². The third kappa shape index (κ3) is 4.01. The smallest absolute Gasteiger partial charge is 0.180 e. The Hall–Kier alpha value is -3.78. The second kappa shape index (κ2) is 8.87. The molecule has 2 aromatic carbocycles. The van der Waals surface area contributed by atoms with Crippen LogP contribution in [0.3, 0.4) is 0 Å². The molecule has 1 fully saturated rings. The number of ether oxygens (including phenoxy) is 1. The van der Waals surface area contributed by atoms with Crippen molar-refractivity contribution in [2.75, 3.05) is 61.4 Å². The van der Waals surface area contributed by atoms with Gasteiger partial charge in [-0.25, -0.2) is 9.97 Å². The van der Waals surface area contributed by atoms with E-state index in [4.69, 9.17) is 9.72 Å². The molecule has 174 valence electrons. The first-order valence-corrected chi connectivity index (χ1v) is 12.0. The normalized spacial score (nSPS) is 16.1. The van der Waals surface area contributed by atoms with Crippen molar-refractivity contribution in [1.82, 2.24) is 19.3 Å². The van der Waals surface area contributed by atoms with E-state index in [1.807, 2.05) is 28.9 Å². The van der Waals surface area contributed by atoms with Crippen molar-refractivity contribution in [3.8, 4) is 17.0 Å². The van der Waals surface area contributed by atoms with E-state index in [-0.39, 0.29) is 0 Å². The van der Waals surface area contributed by atoms with E-state index in [0.717, 1.165) is 79.1 Å². The maximum absolute atomic E-state index is 5.72. The number of fused-ring (bicyclic) bond motifs is 2. The van der Waals surface area contributed by atoms with E-state index >= 15 is 0 Å². The number of rotatable bonds is 5. The van der Waals surface area contributed by atoms with Gasteiger partial charge in [-0.3, -0.25) is 0 Å². The minimum absolute atomic E-state index is 0.688. The monoisotopic (exact) mass is 455 g/mol. The Bertz CT molecular complexity index is 1290. The molecule has 0 bridgehead atoms. The molecule has 0 unspecified atom stereocenters. The molecule has 2 N–H and O–H groups in total. The number of nitrogens with zero attached hydrogens (tertiary/aromatic N) is 5. The number of benzene rings is 2. The van der Waals surface area contributed by atoms with E-state index in [1.165, 1.54) is 5.69 Å². The number of hydrogen-bond acceptors (Lipinski definition) is 7. The van der Waals surface area contributed by atoms with Crippen molar-refractivity contribution < 1.29 is 4.74 Å². The SMILES string of the molecule is CCN1CCN(c2ccc(Nc3nc(-c4ccc5c(c4)NCCO5)cn4ccnc34)cc2)CC1. The molecule has 0 radical (unpaired) electrons.